The maximum Gasteiger partial charge on any atom is 0.245 e. The van der Waals surface area contributed by atoms with Crippen molar-refractivity contribution in [2.45, 2.75) is 6.42 Å². The lowest BCUT2D eigenvalue weighted by atomic mass is 10.2. The second-order valence-electron chi connectivity index (χ2n) is 3.87. The molecule has 1 aromatic carbocycles. The van der Waals surface area contributed by atoms with E-state index >= 15 is 0 Å². The largest absolute Gasteiger partial charge is 0.506 e. The Labute approximate surface area is 142 Å². The van der Waals surface area contributed by atoms with Gasteiger partial charge in [-0.3, -0.25) is 4.79 Å². The molecule has 0 aliphatic rings. The number of halogens is 2. The molecule has 0 aliphatic carbocycles. The fourth-order valence-corrected chi connectivity index (χ4v) is 3.72. The van der Waals surface area contributed by atoms with Crippen molar-refractivity contribution >= 4 is 62.0 Å². The van der Waals surface area contributed by atoms with Gasteiger partial charge in [-0.1, -0.05) is 22.0 Å². The molecule has 0 spiro atoms. The molecule has 0 saturated heterocycles. The zero-order chi connectivity index (χ0) is 14.5. The van der Waals surface area contributed by atoms with Gasteiger partial charge in [-0.25, -0.2) is 5.43 Å². The van der Waals surface area contributed by atoms with Crippen LogP contribution in [0.1, 0.15) is 10.4 Å². The second kappa shape index (κ2) is 7.19. The standard InChI is InChI=1S/C13H10BrIN2O2S/c14-9-4-8(13(19)11(15)5-9)7-16-17-12(18)6-10-2-1-3-20-10/h1-5,7,19H,6H2,(H,17,18). The topological polar surface area (TPSA) is 61.7 Å². The van der Waals surface area contributed by atoms with Gasteiger partial charge in [-0.05, 0) is 46.2 Å². The van der Waals surface area contributed by atoms with Crippen LogP contribution >= 0.6 is 49.9 Å². The Kier molecular flexibility index (Phi) is 5.55. The summed E-state index contributed by atoms with van der Waals surface area (Å²) in [5.74, 6) is -0.0436. The molecule has 0 bridgehead atoms. The monoisotopic (exact) mass is 464 g/mol. The first-order valence-corrected chi connectivity index (χ1v) is 8.33. The molecule has 1 aromatic heterocycles. The van der Waals surface area contributed by atoms with E-state index in [1.54, 1.807) is 12.1 Å². The third-order valence-corrected chi connectivity index (χ3v) is 4.52. The number of benzene rings is 1. The third-order valence-electron chi connectivity index (χ3n) is 2.37. The van der Waals surface area contributed by atoms with Crippen molar-refractivity contribution in [1.29, 1.82) is 0 Å². The number of phenols is 1. The Morgan fingerprint density at radius 1 is 1.55 bits per heavy atom. The molecule has 1 amide bonds. The average molecular weight is 465 g/mol. The molecule has 1 heterocycles. The fourth-order valence-electron chi connectivity index (χ4n) is 1.47. The third kappa shape index (κ3) is 4.29. The van der Waals surface area contributed by atoms with Crippen LogP contribution in [0.4, 0.5) is 0 Å². The molecule has 4 nitrogen and oxygen atoms in total. The number of amides is 1. The Morgan fingerprint density at radius 2 is 2.35 bits per heavy atom. The SMILES string of the molecule is O=C(Cc1cccs1)NN=Cc1cc(Br)cc(I)c1O. The summed E-state index contributed by atoms with van der Waals surface area (Å²) >= 11 is 6.90. The van der Waals surface area contributed by atoms with Gasteiger partial charge < -0.3 is 5.11 Å². The van der Waals surface area contributed by atoms with Crippen LogP contribution in [-0.2, 0) is 11.2 Å². The molecule has 0 atom stereocenters. The van der Waals surface area contributed by atoms with E-state index in [2.05, 4.69) is 26.5 Å². The minimum atomic E-state index is -0.187. The Bertz CT molecular complexity index is 644. The van der Waals surface area contributed by atoms with E-state index in [0.717, 1.165) is 9.35 Å². The Hall–Kier alpha value is -0.930. The molecule has 104 valence electrons. The van der Waals surface area contributed by atoms with Crippen molar-refractivity contribution in [2.24, 2.45) is 5.10 Å². The maximum atomic E-state index is 11.6. The van der Waals surface area contributed by atoms with E-state index in [1.165, 1.54) is 17.6 Å². The van der Waals surface area contributed by atoms with Gasteiger partial charge >= 0.3 is 0 Å². The minimum Gasteiger partial charge on any atom is -0.506 e. The van der Waals surface area contributed by atoms with E-state index in [1.807, 2.05) is 40.1 Å². The normalized spacial score (nSPS) is 10.9. The van der Waals surface area contributed by atoms with Crippen LogP contribution in [0, 0.1) is 3.57 Å². The highest BCUT2D eigenvalue weighted by molar-refractivity contribution is 14.1. The average Bonchev–Trinajstić information content (AvgIpc) is 2.87. The van der Waals surface area contributed by atoms with Crippen molar-refractivity contribution in [2.75, 3.05) is 0 Å². The highest BCUT2D eigenvalue weighted by atomic mass is 127. The van der Waals surface area contributed by atoms with Crippen LogP contribution in [0.3, 0.4) is 0 Å². The number of carbonyl (C=O) groups is 1. The number of phenolic OH excluding ortho intramolecular Hbond substituents is 1. The summed E-state index contributed by atoms with van der Waals surface area (Å²) in [6.45, 7) is 0. The first-order valence-electron chi connectivity index (χ1n) is 5.58. The van der Waals surface area contributed by atoms with Gasteiger partial charge in [-0.2, -0.15) is 5.10 Å². The molecular formula is C13H10BrIN2O2S. The van der Waals surface area contributed by atoms with E-state index in [9.17, 15) is 9.90 Å². The Morgan fingerprint density at radius 3 is 3.05 bits per heavy atom. The molecular weight excluding hydrogens is 455 g/mol. The molecule has 20 heavy (non-hydrogen) atoms. The number of hydrazone groups is 1. The molecule has 2 rings (SSSR count). The summed E-state index contributed by atoms with van der Waals surface area (Å²) < 4.78 is 1.55. The van der Waals surface area contributed by atoms with E-state index in [-0.39, 0.29) is 11.7 Å². The summed E-state index contributed by atoms with van der Waals surface area (Å²) in [4.78, 5) is 12.6. The van der Waals surface area contributed by atoms with Crippen LogP contribution < -0.4 is 5.43 Å². The lowest BCUT2D eigenvalue weighted by molar-refractivity contribution is -0.120. The van der Waals surface area contributed by atoms with Gasteiger partial charge in [0, 0.05) is 14.9 Å². The first-order chi connectivity index (χ1) is 9.56. The predicted octanol–water partition coefficient (Wildman–Crippen LogP) is 3.51. The number of thiophene rings is 1. The molecule has 2 N–H and O–H groups in total. The predicted molar refractivity (Wildman–Crippen MR) is 92.3 cm³/mol. The lowest BCUT2D eigenvalue weighted by Crippen LogP contribution is -2.19. The van der Waals surface area contributed by atoms with Crippen LogP contribution in [0.2, 0.25) is 0 Å². The molecule has 0 unspecified atom stereocenters. The van der Waals surface area contributed by atoms with Crippen LogP contribution in [-0.4, -0.2) is 17.2 Å². The van der Waals surface area contributed by atoms with E-state index in [4.69, 9.17) is 0 Å². The highest BCUT2D eigenvalue weighted by Gasteiger charge is 2.06. The molecule has 0 saturated carbocycles. The van der Waals surface area contributed by atoms with Crippen molar-refractivity contribution in [3.05, 3.63) is 48.1 Å². The highest BCUT2D eigenvalue weighted by Crippen LogP contribution is 2.27. The van der Waals surface area contributed by atoms with Crippen LogP contribution in [0.25, 0.3) is 0 Å². The van der Waals surface area contributed by atoms with Crippen LogP contribution in [0.15, 0.2) is 39.2 Å². The number of carbonyl (C=O) groups excluding carboxylic acids is 1. The molecule has 0 fully saturated rings. The zero-order valence-electron chi connectivity index (χ0n) is 10.1. The van der Waals surface area contributed by atoms with Gasteiger partial charge in [0.15, 0.2) is 0 Å². The first kappa shape index (κ1) is 15.5. The van der Waals surface area contributed by atoms with Gasteiger partial charge in [0.05, 0.1) is 16.2 Å². The summed E-state index contributed by atoms with van der Waals surface area (Å²) in [5.41, 5.74) is 2.99. The zero-order valence-corrected chi connectivity index (χ0v) is 14.7. The number of hydrogen-bond donors (Lipinski definition) is 2. The lowest BCUT2D eigenvalue weighted by Gasteiger charge is -2.03. The van der Waals surface area contributed by atoms with E-state index < -0.39 is 0 Å². The summed E-state index contributed by atoms with van der Waals surface area (Å²) in [5, 5.41) is 15.6. The fraction of sp³-hybridized carbons (Fsp3) is 0.0769. The molecule has 0 radical (unpaired) electrons. The quantitative estimate of drug-likeness (QED) is 0.413. The van der Waals surface area contributed by atoms with Crippen molar-refractivity contribution in [1.82, 2.24) is 5.43 Å². The maximum absolute atomic E-state index is 11.6. The number of nitrogens with zero attached hydrogens (tertiary/aromatic N) is 1. The summed E-state index contributed by atoms with van der Waals surface area (Å²) in [6.07, 6.45) is 1.73. The molecule has 0 aliphatic heterocycles. The van der Waals surface area contributed by atoms with Gasteiger partial charge in [0.1, 0.15) is 5.75 Å². The van der Waals surface area contributed by atoms with Crippen molar-refractivity contribution < 1.29 is 9.90 Å². The number of rotatable bonds is 4. The summed E-state index contributed by atoms with van der Waals surface area (Å²) in [6, 6.07) is 7.32. The number of aromatic hydroxyl groups is 1. The van der Waals surface area contributed by atoms with Crippen molar-refractivity contribution in [3.8, 4) is 5.75 Å². The number of hydrogen-bond acceptors (Lipinski definition) is 4. The minimum absolute atomic E-state index is 0.144. The number of nitrogens with one attached hydrogen (secondary N) is 1. The molecule has 7 heteroatoms. The van der Waals surface area contributed by atoms with Crippen LogP contribution in [0.5, 0.6) is 5.75 Å². The van der Waals surface area contributed by atoms with Gasteiger partial charge in [0.2, 0.25) is 5.91 Å². The molecule has 2 aromatic rings. The van der Waals surface area contributed by atoms with Gasteiger partial charge in [-0.15, -0.1) is 11.3 Å². The second-order valence-corrected chi connectivity index (χ2v) is 6.98. The smallest absolute Gasteiger partial charge is 0.245 e. The summed E-state index contributed by atoms with van der Waals surface area (Å²) in [7, 11) is 0. The van der Waals surface area contributed by atoms with Gasteiger partial charge in [0.25, 0.3) is 0 Å². The van der Waals surface area contributed by atoms with Crippen molar-refractivity contribution in [3.63, 3.8) is 0 Å². The van der Waals surface area contributed by atoms with E-state index in [0.29, 0.717) is 15.6 Å². The Balaban J connectivity index is 1.98.